The highest BCUT2D eigenvalue weighted by Gasteiger charge is 1.96. The average molecular weight is 140 g/mol. The molecule has 0 amide bonds. The SMILES string of the molecule is C=C/C=C/C[C@@H](O)CCC. The molecule has 0 aromatic carbocycles. The lowest BCUT2D eigenvalue weighted by Gasteiger charge is -2.03. The van der Waals surface area contributed by atoms with E-state index < -0.39 is 0 Å². The molecule has 1 atom stereocenters. The van der Waals surface area contributed by atoms with Crippen molar-refractivity contribution in [2.24, 2.45) is 0 Å². The fourth-order valence-electron chi connectivity index (χ4n) is 0.783. The molecule has 0 fully saturated rings. The zero-order chi connectivity index (χ0) is 7.82. The normalized spacial score (nSPS) is 13.8. The van der Waals surface area contributed by atoms with Gasteiger partial charge >= 0.3 is 0 Å². The Morgan fingerprint density at radius 3 is 2.80 bits per heavy atom. The Morgan fingerprint density at radius 2 is 2.30 bits per heavy atom. The molecule has 1 heteroatoms. The van der Waals surface area contributed by atoms with Gasteiger partial charge in [0.05, 0.1) is 6.10 Å². The Morgan fingerprint density at radius 1 is 1.60 bits per heavy atom. The van der Waals surface area contributed by atoms with Crippen LogP contribution in [0.5, 0.6) is 0 Å². The zero-order valence-corrected chi connectivity index (χ0v) is 6.59. The highest BCUT2D eigenvalue weighted by atomic mass is 16.3. The van der Waals surface area contributed by atoms with Gasteiger partial charge in [-0.15, -0.1) is 0 Å². The third-order valence-electron chi connectivity index (χ3n) is 1.30. The van der Waals surface area contributed by atoms with Gasteiger partial charge in [-0.2, -0.15) is 0 Å². The topological polar surface area (TPSA) is 20.2 Å². The first kappa shape index (κ1) is 9.44. The second kappa shape index (κ2) is 6.56. The molecule has 0 radical (unpaired) electrons. The molecule has 0 saturated heterocycles. The standard InChI is InChI=1S/C9H16O/c1-3-5-6-8-9(10)7-4-2/h3,5-6,9-10H,1,4,7-8H2,2H3/b6-5+/t9-/m0/s1. The van der Waals surface area contributed by atoms with E-state index in [1.807, 2.05) is 12.2 Å². The van der Waals surface area contributed by atoms with E-state index in [2.05, 4.69) is 13.5 Å². The first-order valence-electron chi connectivity index (χ1n) is 3.76. The van der Waals surface area contributed by atoms with E-state index >= 15 is 0 Å². The Bertz CT molecular complexity index is 105. The smallest absolute Gasteiger partial charge is 0.0574 e. The molecule has 0 aliphatic heterocycles. The first-order chi connectivity index (χ1) is 4.81. The predicted molar refractivity (Wildman–Crippen MR) is 44.9 cm³/mol. The molecule has 1 N–H and O–H groups in total. The summed E-state index contributed by atoms with van der Waals surface area (Å²) in [4.78, 5) is 0. The molecule has 0 saturated carbocycles. The van der Waals surface area contributed by atoms with Crippen molar-refractivity contribution in [1.29, 1.82) is 0 Å². The summed E-state index contributed by atoms with van der Waals surface area (Å²) in [6.07, 6.45) is 8.04. The van der Waals surface area contributed by atoms with Crippen LogP contribution in [0.4, 0.5) is 0 Å². The molecule has 0 aliphatic carbocycles. The van der Waals surface area contributed by atoms with Gasteiger partial charge in [-0.3, -0.25) is 0 Å². The van der Waals surface area contributed by atoms with Crippen molar-refractivity contribution in [1.82, 2.24) is 0 Å². The third-order valence-corrected chi connectivity index (χ3v) is 1.30. The van der Waals surface area contributed by atoms with Crippen LogP contribution in [0.25, 0.3) is 0 Å². The fourth-order valence-corrected chi connectivity index (χ4v) is 0.783. The number of aliphatic hydroxyl groups excluding tert-OH is 1. The molecule has 10 heavy (non-hydrogen) atoms. The van der Waals surface area contributed by atoms with Crippen molar-refractivity contribution >= 4 is 0 Å². The lowest BCUT2D eigenvalue weighted by molar-refractivity contribution is 0.167. The molecule has 0 aromatic rings. The van der Waals surface area contributed by atoms with Gasteiger partial charge in [0, 0.05) is 0 Å². The maximum absolute atomic E-state index is 9.19. The van der Waals surface area contributed by atoms with Gasteiger partial charge in [-0.25, -0.2) is 0 Å². The average Bonchev–Trinajstić information content (AvgIpc) is 1.89. The quantitative estimate of drug-likeness (QED) is 0.581. The maximum atomic E-state index is 9.19. The molecule has 0 spiro atoms. The molecule has 0 rings (SSSR count). The molecule has 0 unspecified atom stereocenters. The van der Waals surface area contributed by atoms with Gasteiger partial charge in [0.15, 0.2) is 0 Å². The number of aliphatic hydroxyl groups is 1. The van der Waals surface area contributed by atoms with E-state index in [-0.39, 0.29) is 6.10 Å². The van der Waals surface area contributed by atoms with E-state index in [4.69, 9.17) is 0 Å². The second-order valence-corrected chi connectivity index (χ2v) is 2.34. The fraction of sp³-hybridized carbons (Fsp3) is 0.556. The summed E-state index contributed by atoms with van der Waals surface area (Å²) < 4.78 is 0. The van der Waals surface area contributed by atoms with E-state index in [0.717, 1.165) is 19.3 Å². The van der Waals surface area contributed by atoms with E-state index in [0.29, 0.717) is 0 Å². The van der Waals surface area contributed by atoms with Crippen molar-refractivity contribution in [2.75, 3.05) is 0 Å². The minimum Gasteiger partial charge on any atom is -0.393 e. The van der Waals surface area contributed by atoms with Crippen LogP contribution < -0.4 is 0 Å². The first-order valence-corrected chi connectivity index (χ1v) is 3.76. The molecule has 0 aliphatic rings. The van der Waals surface area contributed by atoms with E-state index in [1.54, 1.807) is 6.08 Å². The van der Waals surface area contributed by atoms with E-state index in [9.17, 15) is 5.11 Å². The number of hydrogen-bond donors (Lipinski definition) is 1. The molecule has 0 heterocycles. The van der Waals surface area contributed by atoms with Gasteiger partial charge in [-0.05, 0) is 12.8 Å². The highest BCUT2D eigenvalue weighted by Crippen LogP contribution is 2.01. The summed E-state index contributed by atoms with van der Waals surface area (Å²) in [5, 5.41) is 9.19. The van der Waals surface area contributed by atoms with E-state index in [1.165, 1.54) is 0 Å². The van der Waals surface area contributed by atoms with Crippen LogP contribution in [-0.2, 0) is 0 Å². The van der Waals surface area contributed by atoms with Crippen molar-refractivity contribution in [2.45, 2.75) is 32.3 Å². The molecular formula is C9H16O. The maximum Gasteiger partial charge on any atom is 0.0574 e. The van der Waals surface area contributed by atoms with Gasteiger partial charge in [0.1, 0.15) is 0 Å². The summed E-state index contributed by atoms with van der Waals surface area (Å²) in [7, 11) is 0. The summed E-state index contributed by atoms with van der Waals surface area (Å²) in [6.45, 7) is 5.60. The van der Waals surface area contributed by atoms with Crippen LogP contribution in [0.1, 0.15) is 26.2 Å². The summed E-state index contributed by atoms with van der Waals surface area (Å²) in [5.41, 5.74) is 0. The van der Waals surface area contributed by atoms with Crippen molar-refractivity contribution in [3.05, 3.63) is 24.8 Å². The van der Waals surface area contributed by atoms with Crippen molar-refractivity contribution < 1.29 is 5.11 Å². The van der Waals surface area contributed by atoms with Crippen LogP contribution in [0.3, 0.4) is 0 Å². The monoisotopic (exact) mass is 140 g/mol. The summed E-state index contributed by atoms with van der Waals surface area (Å²) >= 11 is 0. The second-order valence-electron chi connectivity index (χ2n) is 2.34. The van der Waals surface area contributed by atoms with Gasteiger partial charge in [0.2, 0.25) is 0 Å². The molecule has 1 nitrogen and oxygen atoms in total. The molecule has 58 valence electrons. The lowest BCUT2D eigenvalue weighted by atomic mass is 10.1. The van der Waals surface area contributed by atoms with Crippen molar-refractivity contribution in [3.8, 4) is 0 Å². The van der Waals surface area contributed by atoms with Gasteiger partial charge in [0.25, 0.3) is 0 Å². The highest BCUT2D eigenvalue weighted by molar-refractivity contribution is 4.97. The van der Waals surface area contributed by atoms with Crippen LogP contribution in [-0.4, -0.2) is 11.2 Å². The number of hydrogen-bond acceptors (Lipinski definition) is 1. The van der Waals surface area contributed by atoms with Gasteiger partial charge in [-0.1, -0.05) is 38.2 Å². The van der Waals surface area contributed by atoms with Crippen molar-refractivity contribution in [3.63, 3.8) is 0 Å². The Hall–Kier alpha value is -0.560. The van der Waals surface area contributed by atoms with Crippen LogP contribution in [0, 0.1) is 0 Å². The number of rotatable bonds is 5. The minimum absolute atomic E-state index is 0.166. The number of allylic oxidation sites excluding steroid dienone is 2. The lowest BCUT2D eigenvalue weighted by Crippen LogP contribution is -2.02. The van der Waals surface area contributed by atoms with Crippen LogP contribution >= 0.6 is 0 Å². The Kier molecular flexibility index (Phi) is 6.19. The minimum atomic E-state index is -0.166. The summed E-state index contributed by atoms with van der Waals surface area (Å²) in [5.74, 6) is 0. The zero-order valence-electron chi connectivity index (χ0n) is 6.59. The van der Waals surface area contributed by atoms with Crippen LogP contribution in [0.2, 0.25) is 0 Å². The Labute approximate surface area is 63.1 Å². The third kappa shape index (κ3) is 5.57. The van der Waals surface area contributed by atoms with Crippen LogP contribution in [0.15, 0.2) is 24.8 Å². The predicted octanol–water partition coefficient (Wildman–Crippen LogP) is 2.28. The molecule has 0 bridgehead atoms. The Balaban J connectivity index is 3.28. The summed E-state index contributed by atoms with van der Waals surface area (Å²) in [6, 6.07) is 0. The molecule has 0 aromatic heterocycles. The molecular weight excluding hydrogens is 124 g/mol. The van der Waals surface area contributed by atoms with Gasteiger partial charge < -0.3 is 5.11 Å². The largest absolute Gasteiger partial charge is 0.393 e.